The first kappa shape index (κ1) is 12.4. The second-order valence-electron chi connectivity index (χ2n) is 5.25. The van der Waals surface area contributed by atoms with Crippen LogP contribution in [0.5, 0.6) is 0 Å². The van der Waals surface area contributed by atoms with E-state index in [0.29, 0.717) is 5.56 Å². The summed E-state index contributed by atoms with van der Waals surface area (Å²) in [6.45, 7) is 5.89. The number of rotatable bonds is 2. The normalized spacial score (nSPS) is 11.3. The van der Waals surface area contributed by atoms with Crippen molar-refractivity contribution in [2.75, 3.05) is 0 Å². The lowest BCUT2D eigenvalue weighted by molar-refractivity contribution is 0.0919. The molecule has 2 N–H and O–H groups in total. The summed E-state index contributed by atoms with van der Waals surface area (Å²) >= 11 is 0. The predicted molar refractivity (Wildman–Crippen MR) is 71.2 cm³/mol. The third-order valence-corrected chi connectivity index (χ3v) is 2.44. The van der Waals surface area contributed by atoms with Gasteiger partial charge in [0.25, 0.3) is 5.91 Å². The Hall–Kier alpha value is -2.10. The van der Waals surface area contributed by atoms with E-state index >= 15 is 0 Å². The van der Waals surface area contributed by atoms with Crippen molar-refractivity contribution in [3.05, 3.63) is 42.4 Å². The summed E-state index contributed by atoms with van der Waals surface area (Å²) in [4.78, 5) is 18.9. The molecular weight excluding hydrogens is 226 g/mol. The Kier molecular flexibility index (Phi) is 3.19. The first-order valence-corrected chi connectivity index (χ1v) is 5.87. The highest BCUT2D eigenvalue weighted by Gasteiger charge is 2.15. The Bertz CT molecular complexity index is 521. The third kappa shape index (κ3) is 2.97. The summed E-state index contributed by atoms with van der Waals surface area (Å²) in [6.07, 6.45) is 3.39. The molecule has 1 heterocycles. The molecule has 0 bridgehead atoms. The van der Waals surface area contributed by atoms with Crippen LogP contribution < -0.4 is 5.32 Å². The molecule has 0 radical (unpaired) electrons. The zero-order valence-corrected chi connectivity index (χ0v) is 10.8. The molecule has 0 saturated carbocycles. The summed E-state index contributed by atoms with van der Waals surface area (Å²) in [6, 6.07) is 7.45. The predicted octanol–water partition coefficient (Wildman–Crippen LogP) is 2.61. The van der Waals surface area contributed by atoms with Crippen LogP contribution in [0.25, 0.3) is 11.3 Å². The Balaban J connectivity index is 2.15. The molecule has 0 spiro atoms. The van der Waals surface area contributed by atoms with E-state index in [0.717, 1.165) is 11.3 Å². The molecule has 0 aliphatic rings. The van der Waals surface area contributed by atoms with Gasteiger partial charge in [-0.1, -0.05) is 12.1 Å². The minimum absolute atomic E-state index is 0.0568. The Labute approximate surface area is 106 Å². The fourth-order valence-corrected chi connectivity index (χ4v) is 1.63. The second kappa shape index (κ2) is 4.64. The SMILES string of the molecule is CC(C)(C)NC(=O)c1ccc(-c2cnc[nH]2)cc1. The number of imidazole rings is 1. The van der Waals surface area contributed by atoms with Crippen molar-refractivity contribution in [1.82, 2.24) is 15.3 Å². The van der Waals surface area contributed by atoms with Gasteiger partial charge in [0, 0.05) is 11.1 Å². The number of carbonyl (C=O) groups excluding carboxylic acids is 1. The van der Waals surface area contributed by atoms with Gasteiger partial charge in [0.2, 0.25) is 0 Å². The molecule has 4 nitrogen and oxygen atoms in total. The van der Waals surface area contributed by atoms with Crippen molar-refractivity contribution in [3.8, 4) is 11.3 Å². The molecule has 0 aliphatic heterocycles. The number of nitrogens with zero attached hydrogens (tertiary/aromatic N) is 1. The van der Waals surface area contributed by atoms with Crippen molar-refractivity contribution in [3.63, 3.8) is 0 Å². The number of carbonyl (C=O) groups is 1. The summed E-state index contributed by atoms with van der Waals surface area (Å²) in [5.74, 6) is -0.0568. The van der Waals surface area contributed by atoms with Crippen LogP contribution in [-0.4, -0.2) is 21.4 Å². The maximum Gasteiger partial charge on any atom is 0.251 e. The second-order valence-corrected chi connectivity index (χ2v) is 5.25. The van der Waals surface area contributed by atoms with E-state index in [9.17, 15) is 4.79 Å². The number of hydrogen-bond donors (Lipinski definition) is 2. The van der Waals surface area contributed by atoms with Crippen LogP contribution in [0.3, 0.4) is 0 Å². The van der Waals surface area contributed by atoms with Crippen LogP contribution in [0.2, 0.25) is 0 Å². The van der Waals surface area contributed by atoms with E-state index in [1.54, 1.807) is 12.5 Å². The highest BCUT2D eigenvalue weighted by Crippen LogP contribution is 2.16. The first-order chi connectivity index (χ1) is 8.46. The van der Waals surface area contributed by atoms with Crippen LogP contribution in [-0.2, 0) is 0 Å². The summed E-state index contributed by atoms with van der Waals surface area (Å²) in [5.41, 5.74) is 2.39. The van der Waals surface area contributed by atoms with Gasteiger partial charge in [-0.25, -0.2) is 4.98 Å². The molecule has 0 atom stereocenters. The van der Waals surface area contributed by atoms with E-state index in [1.807, 2.05) is 45.0 Å². The standard InChI is InChI=1S/C14H17N3O/c1-14(2,3)17-13(18)11-6-4-10(5-7-11)12-8-15-9-16-12/h4-9H,1-3H3,(H,15,16)(H,17,18). The average molecular weight is 243 g/mol. The Morgan fingerprint density at radius 1 is 1.22 bits per heavy atom. The van der Waals surface area contributed by atoms with E-state index in [4.69, 9.17) is 0 Å². The number of hydrogen-bond acceptors (Lipinski definition) is 2. The number of aromatic amines is 1. The molecular formula is C14H17N3O. The molecule has 2 rings (SSSR count). The molecule has 2 aromatic rings. The third-order valence-electron chi connectivity index (χ3n) is 2.44. The first-order valence-electron chi connectivity index (χ1n) is 5.87. The molecule has 0 saturated heterocycles. The van der Waals surface area contributed by atoms with E-state index in [1.165, 1.54) is 0 Å². The fourth-order valence-electron chi connectivity index (χ4n) is 1.63. The van der Waals surface area contributed by atoms with Gasteiger partial charge >= 0.3 is 0 Å². The van der Waals surface area contributed by atoms with E-state index in [-0.39, 0.29) is 11.4 Å². The van der Waals surface area contributed by atoms with Crippen molar-refractivity contribution in [2.24, 2.45) is 0 Å². The highest BCUT2D eigenvalue weighted by molar-refractivity contribution is 5.95. The molecule has 1 aromatic carbocycles. The largest absolute Gasteiger partial charge is 0.347 e. The topological polar surface area (TPSA) is 57.8 Å². The van der Waals surface area contributed by atoms with Gasteiger partial charge in [-0.3, -0.25) is 4.79 Å². The molecule has 0 fully saturated rings. The number of aromatic nitrogens is 2. The quantitative estimate of drug-likeness (QED) is 0.851. The summed E-state index contributed by atoms with van der Waals surface area (Å²) < 4.78 is 0. The molecule has 4 heteroatoms. The van der Waals surface area contributed by atoms with Crippen LogP contribution in [0.4, 0.5) is 0 Å². The number of benzene rings is 1. The molecule has 1 amide bonds. The van der Waals surface area contributed by atoms with Crippen molar-refractivity contribution in [1.29, 1.82) is 0 Å². The van der Waals surface area contributed by atoms with E-state index < -0.39 is 0 Å². The van der Waals surface area contributed by atoms with Crippen molar-refractivity contribution < 1.29 is 4.79 Å². The van der Waals surface area contributed by atoms with Crippen molar-refractivity contribution in [2.45, 2.75) is 26.3 Å². The summed E-state index contributed by atoms with van der Waals surface area (Å²) in [7, 11) is 0. The lowest BCUT2D eigenvalue weighted by Crippen LogP contribution is -2.40. The van der Waals surface area contributed by atoms with Gasteiger partial charge in [0.15, 0.2) is 0 Å². The molecule has 0 aliphatic carbocycles. The minimum atomic E-state index is -0.223. The maximum absolute atomic E-state index is 11.9. The fraction of sp³-hybridized carbons (Fsp3) is 0.286. The van der Waals surface area contributed by atoms with E-state index in [2.05, 4.69) is 15.3 Å². The van der Waals surface area contributed by atoms with Gasteiger partial charge in [-0.05, 0) is 38.5 Å². The number of nitrogens with one attached hydrogen (secondary N) is 2. The minimum Gasteiger partial charge on any atom is -0.347 e. The zero-order chi connectivity index (χ0) is 13.2. The molecule has 0 unspecified atom stereocenters. The highest BCUT2D eigenvalue weighted by atomic mass is 16.1. The molecule has 94 valence electrons. The van der Waals surface area contributed by atoms with Gasteiger partial charge in [0.1, 0.15) is 0 Å². The van der Waals surface area contributed by atoms with Crippen LogP contribution in [0, 0.1) is 0 Å². The van der Waals surface area contributed by atoms with Crippen molar-refractivity contribution >= 4 is 5.91 Å². The van der Waals surface area contributed by atoms with Crippen LogP contribution in [0.1, 0.15) is 31.1 Å². The van der Waals surface area contributed by atoms with Crippen LogP contribution in [0.15, 0.2) is 36.8 Å². The maximum atomic E-state index is 11.9. The Morgan fingerprint density at radius 3 is 2.39 bits per heavy atom. The zero-order valence-electron chi connectivity index (χ0n) is 10.8. The lowest BCUT2D eigenvalue weighted by atomic mass is 10.1. The molecule has 1 aromatic heterocycles. The number of amides is 1. The smallest absolute Gasteiger partial charge is 0.251 e. The monoisotopic (exact) mass is 243 g/mol. The number of H-pyrrole nitrogens is 1. The van der Waals surface area contributed by atoms with Crippen LogP contribution >= 0.6 is 0 Å². The van der Waals surface area contributed by atoms with Gasteiger partial charge < -0.3 is 10.3 Å². The van der Waals surface area contributed by atoms with Gasteiger partial charge in [-0.15, -0.1) is 0 Å². The lowest BCUT2D eigenvalue weighted by Gasteiger charge is -2.20. The Morgan fingerprint density at radius 2 is 1.89 bits per heavy atom. The average Bonchev–Trinajstić information content (AvgIpc) is 2.80. The summed E-state index contributed by atoms with van der Waals surface area (Å²) in [5, 5.41) is 2.93. The van der Waals surface area contributed by atoms with Gasteiger partial charge in [0.05, 0.1) is 18.2 Å². The van der Waals surface area contributed by atoms with Gasteiger partial charge in [-0.2, -0.15) is 0 Å². The molecule has 18 heavy (non-hydrogen) atoms.